The number of nitrogens with zero attached hydrogens (tertiary/aromatic N) is 2. The van der Waals surface area contributed by atoms with Gasteiger partial charge in [-0.05, 0) is 55.2 Å². The predicted molar refractivity (Wildman–Crippen MR) is 135 cm³/mol. The molecule has 2 aromatic heterocycles. The van der Waals surface area contributed by atoms with E-state index >= 15 is 0 Å². The van der Waals surface area contributed by atoms with Gasteiger partial charge in [-0.25, -0.2) is 9.78 Å². The Labute approximate surface area is 206 Å². The quantitative estimate of drug-likeness (QED) is 0.209. The van der Waals surface area contributed by atoms with Crippen molar-refractivity contribution in [2.24, 2.45) is 0 Å². The highest BCUT2D eigenvalue weighted by Crippen LogP contribution is 2.27. The molecule has 0 saturated heterocycles. The van der Waals surface area contributed by atoms with Crippen molar-refractivity contribution in [1.29, 1.82) is 0 Å². The van der Waals surface area contributed by atoms with Crippen LogP contribution < -0.4 is 10.3 Å². The van der Waals surface area contributed by atoms with E-state index < -0.39 is 5.97 Å². The Bertz CT molecular complexity index is 1320. The Morgan fingerprint density at radius 3 is 2.59 bits per heavy atom. The molecule has 0 radical (unpaired) electrons. The monoisotopic (exact) mass is 496 g/mol. The second-order valence-corrected chi connectivity index (χ2v) is 9.30. The van der Waals surface area contributed by atoms with Gasteiger partial charge in [0, 0.05) is 18.0 Å². The normalized spacial score (nSPS) is 11.0. The van der Waals surface area contributed by atoms with Gasteiger partial charge in [0.15, 0.2) is 0 Å². The number of aryl methyl sites for hydroxylation is 2. The van der Waals surface area contributed by atoms with Crippen molar-refractivity contribution < 1.29 is 14.3 Å². The molecule has 0 atom stereocenters. The predicted octanol–water partition coefficient (Wildman–Crippen LogP) is 5.68. The minimum atomic E-state index is -0.415. The third kappa shape index (κ3) is 5.85. The summed E-state index contributed by atoms with van der Waals surface area (Å²) < 4.78 is 12.8. The summed E-state index contributed by atoms with van der Waals surface area (Å²) in [6.07, 6.45) is 3.74. The minimum Gasteiger partial charge on any atom is -0.494 e. The highest BCUT2D eigenvalue weighted by Gasteiger charge is 2.20. The standard InChI is InChI=1S/C26H25ClN2O4S/c1-18-22-24(34-23(18)26(31)33-16-13-19-7-3-2-4-8-19)28-17-29(25(22)30)14-5-6-15-32-21-11-9-20(27)10-12-21/h2-4,7-12,17H,5-6,13-16H2,1H3. The van der Waals surface area contributed by atoms with Crippen LogP contribution in [0.25, 0.3) is 10.2 Å². The van der Waals surface area contributed by atoms with Crippen LogP contribution in [-0.2, 0) is 17.7 Å². The molecule has 2 aromatic carbocycles. The lowest BCUT2D eigenvalue weighted by atomic mass is 10.2. The Kier molecular flexibility index (Phi) is 7.98. The summed E-state index contributed by atoms with van der Waals surface area (Å²) in [5.41, 5.74) is 1.59. The van der Waals surface area contributed by atoms with E-state index in [2.05, 4.69) is 4.98 Å². The van der Waals surface area contributed by atoms with Gasteiger partial charge in [0.2, 0.25) is 0 Å². The lowest BCUT2D eigenvalue weighted by Crippen LogP contribution is -2.21. The molecule has 34 heavy (non-hydrogen) atoms. The third-order valence-corrected chi connectivity index (χ3v) is 6.88. The summed E-state index contributed by atoms with van der Waals surface area (Å²) in [4.78, 5) is 31.1. The molecule has 0 fully saturated rings. The number of esters is 1. The number of hydrogen-bond acceptors (Lipinski definition) is 6. The summed E-state index contributed by atoms with van der Waals surface area (Å²) in [6.45, 7) is 3.13. The Balaban J connectivity index is 1.34. The van der Waals surface area contributed by atoms with Gasteiger partial charge >= 0.3 is 5.97 Å². The van der Waals surface area contributed by atoms with Crippen LogP contribution in [0, 0.1) is 6.92 Å². The SMILES string of the molecule is Cc1c(C(=O)OCCc2ccccc2)sc2ncn(CCCCOc3ccc(Cl)cc3)c(=O)c12. The number of ether oxygens (including phenoxy) is 2. The fourth-order valence-electron chi connectivity index (χ4n) is 3.59. The second-order valence-electron chi connectivity index (χ2n) is 7.86. The molecule has 0 amide bonds. The fourth-order valence-corrected chi connectivity index (χ4v) is 4.75. The van der Waals surface area contributed by atoms with Crippen LogP contribution >= 0.6 is 22.9 Å². The van der Waals surface area contributed by atoms with Gasteiger partial charge in [-0.3, -0.25) is 9.36 Å². The van der Waals surface area contributed by atoms with E-state index in [1.165, 1.54) is 11.3 Å². The van der Waals surface area contributed by atoms with Crippen molar-refractivity contribution in [2.75, 3.05) is 13.2 Å². The van der Waals surface area contributed by atoms with Gasteiger partial charge in [0.1, 0.15) is 15.5 Å². The molecule has 8 heteroatoms. The molecule has 4 rings (SSSR count). The van der Waals surface area contributed by atoms with Crippen LogP contribution in [0.2, 0.25) is 5.02 Å². The first-order chi connectivity index (χ1) is 16.5. The van der Waals surface area contributed by atoms with Crippen LogP contribution in [0.1, 0.15) is 33.6 Å². The summed E-state index contributed by atoms with van der Waals surface area (Å²) in [7, 11) is 0. The van der Waals surface area contributed by atoms with Crippen LogP contribution in [0.15, 0.2) is 65.7 Å². The van der Waals surface area contributed by atoms with E-state index in [-0.39, 0.29) is 12.2 Å². The number of carbonyl (C=O) groups excluding carboxylic acids is 1. The Morgan fingerprint density at radius 1 is 1.06 bits per heavy atom. The average Bonchev–Trinajstić information content (AvgIpc) is 3.19. The Hall–Kier alpha value is -3.16. The maximum absolute atomic E-state index is 13.0. The van der Waals surface area contributed by atoms with E-state index in [4.69, 9.17) is 21.1 Å². The zero-order valence-corrected chi connectivity index (χ0v) is 20.4. The van der Waals surface area contributed by atoms with Crippen LogP contribution in [-0.4, -0.2) is 28.7 Å². The van der Waals surface area contributed by atoms with E-state index in [0.717, 1.165) is 24.2 Å². The molecule has 0 N–H and O–H groups in total. The molecule has 0 aliphatic rings. The summed E-state index contributed by atoms with van der Waals surface area (Å²) in [6, 6.07) is 17.1. The number of fused-ring (bicyclic) bond motifs is 1. The first-order valence-corrected chi connectivity index (χ1v) is 12.3. The summed E-state index contributed by atoms with van der Waals surface area (Å²) >= 11 is 7.08. The number of aromatic nitrogens is 2. The first kappa shape index (κ1) is 24.0. The van der Waals surface area contributed by atoms with E-state index in [1.54, 1.807) is 30.0 Å². The topological polar surface area (TPSA) is 70.4 Å². The minimum absolute atomic E-state index is 0.138. The zero-order chi connectivity index (χ0) is 23.9. The Morgan fingerprint density at radius 2 is 1.82 bits per heavy atom. The van der Waals surface area contributed by atoms with Crippen molar-refractivity contribution in [3.63, 3.8) is 0 Å². The lowest BCUT2D eigenvalue weighted by molar-refractivity contribution is 0.0514. The number of hydrogen-bond donors (Lipinski definition) is 0. The maximum atomic E-state index is 13.0. The van der Waals surface area contributed by atoms with Crippen molar-refractivity contribution in [2.45, 2.75) is 32.7 Å². The molecular weight excluding hydrogens is 472 g/mol. The van der Waals surface area contributed by atoms with Gasteiger partial charge in [-0.15, -0.1) is 11.3 Å². The number of rotatable bonds is 10. The largest absolute Gasteiger partial charge is 0.494 e. The molecular formula is C26H25ClN2O4S. The highest BCUT2D eigenvalue weighted by atomic mass is 35.5. The molecule has 0 spiro atoms. The molecule has 2 heterocycles. The molecule has 0 aliphatic heterocycles. The van der Waals surface area contributed by atoms with Crippen molar-refractivity contribution in [1.82, 2.24) is 9.55 Å². The highest BCUT2D eigenvalue weighted by molar-refractivity contribution is 7.20. The lowest BCUT2D eigenvalue weighted by Gasteiger charge is -2.08. The molecule has 4 aromatic rings. The van der Waals surface area contributed by atoms with Gasteiger partial charge in [-0.1, -0.05) is 41.9 Å². The van der Waals surface area contributed by atoms with Crippen LogP contribution in [0.3, 0.4) is 0 Å². The van der Waals surface area contributed by atoms with Gasteiger partial charge in [0.25, 0.3) is 5.56 Å². The van der Waals surface area contributed by atoms with Crippen LogP contribution in [0.4, 0.5) is 0 Å². The average molecular weight is 497 g/mol. The second kappa shape index (κ2) is 11.3. The van der Waals surface area contributed by atoms with E-state index in [9.17, 15) is 9.59 Å². The smallest absolute Gasteiger partial charge is 0.348 e. The third-order valence-electron chi connectivity index (χ3n) is 5.45. The molecule has 176 valence electrons. The maximum Gasteiger partial charge on any atom is 0.348 e. The van der Waals surface area contributed by atoms with Crippen molar-refractivity contribution in [3.05, 3.63) is 92.3 Å². The molecule has 6 nitrogen and oxygen atoms in total. The van der Waals surface area contributed by atoms with Gasteiger partial charge < -0.3 is 9.47 Å². The van der Waals surface area contributed by atoms with Crippen molar-refractivity contribution >= 4 is 39.1 Å². The number of thiophene rings is 1. The van der Waals surface area contributed by atoms with Gasteiger partial charge in [0.05, 0.1) is 24.9 Å². The zero-order valence-electron chi connectivity index (χ0n) is 18.8. The molecule has 0 aliphatic carbocycles. The van der Waals surface area contributed by atoms with Crippen LogP contribution in [0.5, 0.6) is 5.75 Å². The fraction of sp³-hybridized carbons (Fsp3) is 0.269. The van der Waals surface area contributed by atoms with Crippen molar-refractivity contribution in [3.8, 4) is 5.75 Å². The molecule has 0 saturated carbocycles. The number of halogens is 1. The first-order valence-electron chi connectivity index (χ1n) is 11.1. The van der Waals surface area contributed by atoms with Gasteiger partial charge in [-0.2, -0.15) is 0 Å². The summed E-state index contributed by atoms with van der Waals surface area (Å²) in [5, 5.41) is 1.15. The molecule has 0 unspecified atom stereocenters. The van der Waals surface area contributed by atoms with E-state index in [0.29, 0.717) is 45.3 Å². The molecule has 0 bridgehead atoms. The van der Waals surface area contributed by atoms with E-state index in [1.807, 2.05) is 42.5 Å². The number of benzene rings is 2. The summed E-state index contributed by atoms with van der Waals surface area (Å²) in [5.74, 6) is 0.350. The number of unbranched alkanes of at least 4 members (excludes halogenated alkanes) is 1. The number of carbonyl (C=O) groups is 1.